The largest absolute Gasteiger partial charge is 0.376 e. The lowest BCUT2D eigenvalue weighted by atomic mass is 10.1. The zero-order valence-corrected chi connectivity index (χ0v) is 11.5. The Morgan fingerprint density at radius 1 is 1.33 bits per heavy atom. The van der Waals surface area contributed by atoms with Crippen molar-refractivity contribution in [1.82, 2.24) is 4.98 Å². The number of hydrogen-bond donors (Lipinski definition) is 1. The van der Waals surface area contributed by atoms with E-state index in [9.17, 15) is 4.79 Å². The Morgan fingerprint density at radius 2 is 2.00 bits per heavy atom. The monoisotopic (exact) mass is 260 g/mol. The normalized spacial score (nSPS) is 12.2. The van der Waals surface area contributed by atoms with Crippen molar-refractivity contribution in [3.63, 3.8) is 0 Å². The fraction of sp³-hybridized carbons (Fsp3) is 0.286. The molecule has 1 unspecified atom stereocenters. The lowest BCUT2D eigenvalue weighted by Crippen LogP contribution is -2.06. The first-order chi connectivity index (χ1) is 8.56. The molecule has 3 nitrogen and oxygen atoms in total. The number of anilines is 1. The number of ketones is 1. The van der Waals surface area contributed by atoms with Crippen molar-refractivity contribution in [2.75, 3.05) is 5.32 Å². The first kappa shape index (κ1) is 12.8. The van der Waals surface area contributed by atoms with Crippen molar-refractivity contribution >= 4 is 22.8 Å². The van der Waals surface area contributed by atoms with Crippen LogP contribution in [0.2, 0.25) is 0 Å². The summed E-state index contributed by atoms with van der Waals surface area (Å²) in [5.41, 5.74) is 1.73. The number of nitrogens with zero attached hydrogens (tertiary/aromatic N) is 1. The summed E-state index contributed by atoms with van der Waals surface area (Å²) in [6.45, 7) is 5.70. The SMILES string of the molecule is CC(=O)c1ccc(NC(C)c2ncc(C)s2)cc1. The molecule has 4 heteroatoms. The van der Waals surface area contributed by atoms with Crippen LogP contribution in [0.3, 0.4) is 0 Å². The van der Waals surface area contributed by atoms with Crippen LogP contribution in [0.15, 0.2) is 30.5 Å². The van der Waals surface area contributed by atoms with Crippen LogP contribution >= 0.6 is 11.3 Å². The third kappa shape index (κ3) is 2.96. The number of aromatic nitrogens is 1. The Hall–Kier alpha value is -1.68. The lowest BCUT2D eigenvalue weighted by molar-refractivity contribution is 0.101. The third-order valence-corrected chi connectivity index (χ3v) is 3.78. The fourth-order valence-electron chi connectivity index (χ4n) is 1.69. The minimum Gasteiger partial charge on any atom is -0.376 e. The van der Waals surface area contributed by atoms with E-state index in [-0.39, 0.29) is 11.8 Å². The average Bonchev–Trinajstić information content (AvgIpc) is 2.76. The van der Waals surface area contributed by atoms with Crippen LogP contribution in [0.5, 0.6) is 0 Å². The first-order valence-electron chi connectivity index (χ1n) is 5.86. The summed E-state index contributed by atoms with van der Waals surface area (Å²) < 4.78 is 0. The van der Waals surface area contributed by atoms with E-state index in [4.69, 9.17) is 0 Å². The van der Waals surface area contributed by atoms with E-state index in [1.807, 2.05) is 30.5 Å². The number of carbonyl (C=O) groups is 1. The van der Waals surface area contributed by atoms with Crippen LogP contribution in [0.1, 0.15) is 40.1 Å². The minimum atomic E-state index is 0.0881. The molecule has 0 fully saturated rings. The van der Waals surface area contributed by atoms with Crippen LogP contribution in [0, 0.1) is 6.92 Å². The number of Topliss-reactive ketones (excluding diaryl/α,β-unsaturated/α-hetero) is 1. The maximum atomic E-state index is 11.2. The maximum Gasteiger partial charge on any atom is 0.159 e. The Labute approximate surface area is 111 Å². The highest BCUT2D eigenvalue weighted by Gasteiger charge is 2.09. The molecule has 94 valence electrons. The minimum absolute atomic E-state index is 0.0881. The van der Waals surface area contributed by atoms with Gasteiger partial charge in [-0.15, -0.1) is 11.3 Å². The van der Waals surface area contributed by atoms with Crippen LogP contribution in [-0.2, 0) is 0 Å². The summed E-state index contributed by atoms with van der Waals surface area (Å²) >= 11 is 1.70. The molecule has 0 saturated carbocycles. The smallest absolute Gasteiger partial charge is 0.159 e. The number of rotatable bonds is 4. The topological polar surface area (TPSA) is 42.0 Å². The molecule has 0 spiro atoms. The van der Waals surface area contributed by atoms with Gasteiger partial charge in [-0.3, -0.25) is 4.79 Å². The predicted molar refractivity (Wildman–Crippen MR) is 75.3 cm³/mol. The molecule has 0 bridgehead atoms. The molecular weight excluding hydrogens is 244 g/mol. The predicted octanol–water partition coefficient (Wildman–Crippen LogP) is 3.83. The molecular formula is C14H16N2OS. The molecule has 1 aromatic carbocycles. The molecule has 1 aromatic heterocycles. The van der Waals surface area contributed by atoms with Gasteiger partial charge in [0.2, 0.25) is 0 Å². The van der Waals surface area contributed by atoms with Gasteiger partial charge in [-0.1, -0.05) is 0 Å². The van der Waals surface area contributed by atoms with Gasteiger partial charge in [0, 0.05) is 22.3 Å². The molecule has 1 atom stereocenters. The molecule has 0 aliphatic carbocycles. The Bertz CT molecular complexity index is 545. The molecule has 0 amide bonds. The van der Waals surface area contributed by atoms with E-state index in [1.54, 1.807) is 18.3 Å². The van der Waals surface area contributed by atoms with E-state index >= 15 is 0 Å². The summed E-state index contributed by atoms with van der Waals surface area (Å²) in [4.78, 5) is 16.7. The number of carbonyl (C=O) groups excluding carboxylic acids is 1. The summed E-state index contributed by atoms with van der Waals surface area (Å²) in [5.74, 6) is 0.0881. The van der Waals surface area contributed by atoms with Gasteiger partial charge in [0.05, 0.1) is 6.04 Å². The second-order valence-electron chi connectivity index (χ2n) is 4.31. The second-order valence-corrected chi connectivity index (χ2v) is 5.58. The van der Waals surface area contributed by atoms with Gasteiger partial charge in [0.1, 0.15) is 5.01 Å². The molecule has 0 aliphatic heterocycles. The van der Waals surface area contributed by atoms with E-state index in [2.05, 4.69) is 24.1 Å². The number of benzene rings is 1. The van der Waals surface area contributed by atoms with Gasteiger partial charge in [-0.25, -0.2) is 4.98 Å². The van der Waals surface area contributed by atoms with Crippen LogP contribution < -0.4 is 5.32 Å². The highest BCUT2D eigenvalue weighted by atomic mass is 32.1. The van der Waals surface area contributed by atoms with E-state index in [0.29, 0.717) is 0 Å². The molecule has 18 heavy (non-hydrogen) atoms. The summed E-state index contributed by atoms with van der Waals surface area (Å²) in [6.07, 6.45) is 1.89. The number of thiazole rings is 1. The van der Waals surface area contributed by atoms with Crippen molar-refractivity contribution in [3.8, 4) is 0 Å². The molecule has 1 heterocycles. The first-order valence-corrected chi connectivity index (χ1v) is 6.68. The highest BCUT2D eigenvalue weighted by molar-refractivity contribution is 7.11. The van der Waals surface area contributed by atoms with Crippen LogP contribution in [0.4, 0.5) is 5.69 Å². The summed E-state index contributed by atoms with van der Waals surface area (Å²) in [6, 6.07) is 7.70. The van der Waals surface area contributed by atoms with Crippen LogP contribution in [0.25, 0.3) is 0 Å². The molecule has 2 aromatic rings. The lowest BCUT2D eigenvalue weighted by Gasteiger charge is -2.12. The number of hydrogen-bond acceptors (Lipinski definition) is 4. The third-order valence-electron chi connectivity index (χ3n) is 2.68. The second kappa shape index (κ2) is 5.31. The van der Waals surface area contributed by atoms with Crippen molar-refractivity contribution in [2.45, 2.75) is 26.8 Å². The number of aryl methyl sites for hydroxylation is 1. The van der Waals surface area contributed by atoms with Crippen molar-refractivity contribution in [2.24, 2.45) is 0 Å². The Morgan fingerprint density at radius 3 is 2.50 bits per heavy atom. The quantitative estimate of drug-likeness (QED) is 0.849. The standard InChI is InChI=1S/C14H16N2OS/c1-9-8-15-14(18-9)10(2)16-13-6-4-12(5-7-13)11(3)17/h4-8,10,16H,1-3H3. The zero-order valence-electron chi connectivity index (χ0n) is 10.7. The van der Waals surface area contributed by atoms with Gasteiger partial charge in [0.25, 0.3) is 0 Å². The van der Waals surface area contributed by atoms with Gasteiger partial charge < -0.3 is 5.32 Å². The summed E-state index contributed by atoms with van der Waals surface area (Å²) in [5, 5.41) is 4.45. The average molecular weight is 260 g/mol. The van der Waals surface area contributed by atoms with Crippen molar-refractivity contribution < 1.29 is 4.79 Å². The Kier molecular flexibility index (Phi) is 3.77. The van der Waals surface area contributed by atoms with Crippen molar-refractivity contribution in [1.29, 1.82) is 0 Å². The molecule has 0 radical (unpaired) electrons. The number of nitrogens with one attached hydrogen (secondary N) is 1. The molecule has 0 saturated heterocycles. The van der Waals surface area contributed by atoms with Gasteiger partial charge >= 0.3 is 0 Å². The van der Waals surface area contributed by atoms with Gasteiger partial charge in [-0.05, 0) is 45.0 Å². The summed E-state index contributed by atoms with van der Waals surface area (Å²) in [7, 11) is 0. The van der Waals surface area contributed by atoms with Crippen LogP contribution in [-0.4, -0.2) is 10.8 Å². The molecule has 2 rings (SSSR count). The Balaban J connectivity index is 2.07. The van der Waals surface area contributed by atoms with E-state index in [1.165, 1.54) is 4.88 Å². The van der Waals surface area contributed by atoms with Gasteiger partial charge in [-0.2, -0.15) is 0 Å². The molecule has 0 aliphatic rings. The molecule has 1 N–H and O–H groups in total. The zero-order chi connectivity index (χ0) is 13.1. The fourth-order valence-corrected chi connectivity index (χ4v) is 2.46. The van der Waals surface area contributed by atoms with Crippen molar-refractivity contribution in [3.05, 3.63) is 45.9 Å². The van der Waals surface area contributed by atoms with E-state index in [0.717, 1.165) is 16.3 Å². The highest BCUT2D eigenvalue weighted by Crippen LogP contribution is 2.23. The van der Waals surface area contributed by atoms with Gasteiger partial charge in [0.15, 0.2) is 5.78 Å². The maximum absolute atomic E-state index is 11.2. The van der Waals surface area contributed by atoms with E-state index < -0.39 is 0 Å².